The lowest BCUT2D eigenvalue weighted by molar-refractivity contribution is -0.120. The molecule has 0 radical (unpaired) electrons. The molecule has 0 spiro atoms. The van der Waals surface area contributed by atoms with E-state index in [1.807, 2.05) is 0 Å². The smallest absolute Gasteiger partial charge is 0.224 e. The molecule has 1 unspecified atom stereocenters. The van der Waals surface area contributed by atoms with Crippen molar-refractivity contribution < 1.29 is 18.3 Å². The number of hydrogen-bond acceptors (Lipinski definition) is 3. The SMILES string of the molecule is O=C(Cc1ccc(F)c(F)c1)NCC1COCCN1. The fourth-order valence-corrected chi connectivity index (χ4v) is 1.89. The van der Waals surface area contributed by atoms with Gasteiger partial charge in [0, 0.05) is 19.1 Å². The third-order valence-corrected chi connectivity index (χ3v) is 2.89. The Morgan fingerprint density at radius 3 is 2.95 bits per heavy atom. The maximum Gasteiger partial charge on any atom is 0.224 e. The predicted octanol–water partition coefficient (Wildman–Crippen LogP) is 0.612. The lowest BCUT2D eigenvalue weighted by Crippen LogP contribution is -2.48. The van der Waals surface area contributed by atoms with Crippen LogP contribution in [0.4, 0.5) is 8.78 Å². The Kier molecular flexibility index (Phi) is 4.81. The average molecular weight is 270 g/mol. The summed E-state index contributed by atoms with van der Waals surface area (Å²) in [5.41, 5.74) is 0.448. The van der Waals surface area contributed by atoms with Gasteiger partial charge in [0.2, 0.25) is 5.91 Å². The van der Waals surface area contributed by atoms with Gasteiger partial charge in [-0.3, -0.25) is 4.79 Å². The monoisotopic (exact) mass is 270 g/mol. The number of rotatable bonds is 4. The van der Waals surface area contributed by atoms with Crippen molar-refractivity contribution in [2.75, 3.05) is 26.3 Å². The molecular formula is C13H16F2N2O2. The van der Waals surface area contributed by atoms with Gasteiger partial charge < -0.3 is 15.4 Å². The molecule has 2 rings (SSSR count). The Labute approximate surface area is 110 Å². The zero-order valence-electron chi connectivity index (χ0n) is 10.4. The van der Waals surface area contributed by atoms with Crippen LogP contribution in [0.1, 0.15) is 5.56 Å². The number of hydrogen-bond donors (Lipinski definition) is 2. The normalized spacial score (nSPS) is 19.2. The standard InChI is InChI=1S/C13H16F2N2O2/c14-11-2-1-9(5-12(11)15)6-13(18)17-7-10-8-19-4-3-16-10/h1-2,5,10,16H,3-4,6-8H2,(H,17,18). The molecule has 104 valence electrons. The average Bonchev–Trinajstić information content (AvgIpc) is 2.42. The zero-order chi connectivity index (χ0) is 13.7. The van der Waals surface area contributed by atoms with Gasteiger partial charge in [0.25, 0.3) is 0 Å². The zero-order valence-corrected chi connectivity index (χ0v) is 10.4. The molecule has 19 heavy (non-hydrogen) atoms. The minimum absolute atomic E-state index is 0.0325. The van der Waals surface area contributed by atoms with Crippen LogP contribution in [0.2, 0.25) is 0 Å². The van der Waals surface area contributed by atoms with Gasteiger partial charge in [-0.1, -0.05) is 6.07 Å². The Morgan fingerprint density at radius 2 is 2.26 bits per heavy atom. The van der Waals surface area contributed by atoms with E-state index >= 15 is 0 Å². The van der Waals surface area contributed by atoms with Crippen LogP contribution in [0, 0.1) is 11.6 Å². The van der Waals surface area contributed by atoms with Crippen LogP contribution in [0.15, 0.2) is 18.2 Å². The van der Waals surface area contributed by atoms with Gasteiger partial charge in [-0.25, -0.2) is 8.78 Å². The van der Waals surface area contributed by atoms with E-state index in [0.29, 0.717) is 25.3 Å². The van der Waals surface area contributed by atoms with Crippen molar-refractivity contribution >= 4 is 5.91 Å². The summed E-state index contributed by atoms with van der Waals surface area (Å²) in [5.74, 6) is -2.07. The van der Waals surface area contributed by atoms with Crippen LogP contribution in [0.3, 0.4) is 0 Å². The van der Waals surface area contributed by atoms with E-state index in [4.69, 9.17) is 4.74 Å². The predicted molar refractivity (Wildman–Crippen MR) is 65.7 cm³/mol. The Bertz CT molecular complexity index is 448. The van der Waals surface area contributed by atoms with Crippen molar-refractivity contribution in [3.8, 4) is 0 Å². The Morgan fingerprint density at radius 1 is 1.42 bits per heavy atom. The fraction of sp³-hybridized carbons (Fsp3) is 0.462. The van der Waals surface area contributed by atoms with Gasteiger partial charge in [0.15, 0.2) is 11.6 Å². The second kappa shape index (κ2) is 6.58. The highest BCUT2D eigenvalue weighted by atomic mass is 19.2. The molecular weight excluding hydrogens is 254 g/mol. The highest BCUT2D eigenvalue weighted by Gasteiger charge is 2.14. The van der Waals surface area contributed by atoms with Crippen molar-refractivity contribution in [2.45, 2.75) is 12.5 Å². The molecule has 4 nitrogen and oxygen atoms in total. The van der Waals surface area contributed by atoms with Gasteiger partial charge >= 0.3 is 0 Å². The molecule has 1 amide bonds. The van der Waals surface area contributed by atoms with Crippen LogP contribution in [0.25, 0.3) is 0 Å². The molecule has 0 aliphatic carbocycles. The number of morpholine rings is 1. The quantitative estimate of drug-likeness (QED) is 0.843. The van der Waals surface area contributed by atoms with Gasteiger partial charge in [-0.15, -0.1) is 0 Å². The molecule has 1 saturated heterocycles. The van der Waals surface area contributed by atoms with Crippen LogP contribution >= 0.6 is 0 Å². The summed E-state index contributed by atoms with van der Waals surface area (Å²) in [7, 11) is 0. The van der Waals surface area contributed by atoms with Crippen LogP contribution in [0.5, 0.6) is 0 Å². The number of nitrogens with one attached hydrogen (secondary N) is 2. The molecule has 1 heterocycles. The molecule has 1 aliphatic heterocycles. The van der Waals surface area contributed by atoms with Gasteiger partial charge in [0.1, 0.15) is 0 Å². The summed E-state index contributed by atoms with van der Waals surface area (Å²) in [4.78, 5) is 11.7. The highest BCUT2D eigenvalue weighted by Crippen LogP contribution is 2.09. The third-order valence-electron chi connectivity index (χ3n) is 2.89. The number of amides is 1. The minimum atomic E-state index is -0.937. The lowest BCUT2D eigenvalue weighted by Gasteiger charge is -2.23. The van der Waals surface area contributed by atoms with Crippen LogP contribution < -0.4 is 10.6 Å². The van der Waals surface area contributed by atoms with Crippen molar-refractivity contribution in [3.63, 3.8) is 0 Å². The van der Waals surface area contributed by atoms with Gasteiger partial charge in [-0.05, 0) is 17.7 Å². The molecule has 1 fully saturated rings. The molecule has 1 aromatic carbocycles. The molecule has 0 aromatic heterocycles. The van der Waals surface area contributed by atoms with Crippen molar-refractivity contribution in [2.24, 2.45) is 0 Å². The van der Waals surface area contributed by atoms with Gasteiger partial charge in [0.05, 0.1) is 19.6 Å². The number of carbonyl (C=O) groups is 1. The van der Waals surface area contributed by atoms with Gasteiger partial charge in [-0.2, -0.15) is 0 Å². The summed E-state index contributed by atoms with van der Waals surface area (Å²) < 4.78 is 31.0. The Balaban J connectivity index is 1.78. The van der Waals surface area contributed by atoms with E-state index in [1.165, 1.54) is 6.07 Å². The van der Waals surface area contributed by atoms with E-state index in [1.54, 1.807) is 0 Å². The molecule has 1 aromatic rings. The van der Waals surface area contributed by atoms with E-state index in [2.05, 4.69) is 10.6 Å². The Hall–Kier alpha value is -1.53. The fourth-order valence-electron chi connectivity index (χ4n) is 1.89. The number of ether oxygens (including phenoxy) is 1. The van der Waals surface area contributed by atoms with Crippen molar-refractivity contribution in [1.29, 1.82) is 0 Å². The first-order valence-electron chi connectivity index (χ1n) is 6.17. The molecule has 0 saturated carbocycles. The van der Waals surface area contributed by atoms with E-state index in [0.717, 1.165) is 18.7 Å². The van der Waals surface area contributed by atoms with E-state index < -0.39 is 11.6 Å². The first-order valence-corrected chi connectivity index (χ1v) is 6.17. The topological polar surface area (TPSA) is 50.4 Å². The summed E-state index contributed by atoms with van der Waals surface area (Å²) in [6, 6.07) is 3.56. The maximum absolute atomic E-state index is 13.0. The first-order chi connectivity index (χ1) is 9.15. The molecule has 1 atom stereocenters. The summed E-state index contributed by atoms with van der Waals surface area (Å²) in [5, 5.41) is 5.94. The summed E-state index contributed by atoms with van der Waals surface area (Å²) in [6.45, 7) is 2.47. The highest BCUT2D eigenvalue weighted by molar-refractivity contribution is 5.78. The molecule has 0 bridgehead atoms. The second-order valence-electron chi connectivity index (χ2n) is 4.46. The largest absolute Gasteiger partial charge is 0.378 e. The minimum Gasteiger partial charge on any atom is -0.378 e. The number of halogens is 2. The number of carbonyl (C=O) groups excluding carboxylic acids is 1. The molecule has 6 heteroatoms. The van der Waals surface area contributed by atoms with Crippen LogP contribution in [-0.4, -0.2) is 38.3 Å². The lowest BCUT2D eigenvalue weighted by atomic mass is 10.1. The van der Waals surface area contributed by atoms with Crippen LogP contribution in [-0.2, 0) is 16.0 Å². The molecule has 1 aliphatic rings. The van der Waals surface area contributed by atoms with Crippen molar-refractivity contribution in [3.05, 3.63) is 35.4 Å². The first kappa shape index (κ1) is 13.9. The van der Waals surface area contributed by atoms with E-state index in [9.17, 15) is 13.6 Å². The number of benzene rings is 1. The summed E-state index contributed by atoms with van der Waals surface area (Å²) in [6.07, 6.45) is 0.0325. The van der Waals surface area contributed by atoms with E-state index in [-0.39, 0.29) is 18.4 Å². The molecule has 2 N–H and O–H groups in total. The summed E-state index contributed by atoms with van der Waals surface area (Å²) >= 11 is 0. The third kappa shape index (κ3) is 4.25. The van der Waals surface area contributed by atoms with Crippen molar-refractivity contribution in [1.82, 2.24) is 10.6 Å². The second-order valence-corrected chi connectivity index (χ2v) is 4.46. The maximum atomic E-state index is 13.0.